The molecule has 1 aromatic rings. The molecule has 10 nitrogen and oxygen atoms in total. The zero-order chi connectivity index (χ0) is 19.8. The Morgan fingerprint density at radius 3 is 2.74 bits per heavy atom. The van der Waals surface area contributed by atoms with Crippen molar-refractivity contribution in [3.05, 3.63) is 18.2 Å². The van der Waals surface area contributed by atoms with Gasteiger partial charge in [0.05, 0.1) is 19.3 Å². The second-order valence-electron chi connectivity index (χ2n) is 7.31. The third-order valence-electron chi connectivity index (χ3n) is 5.45. The monoisotopic (exact) mass is 378 g/mol. The Balaban J connectivity index is 1.95. The normalized spacial score (nSPS) is 31.5. The molecule has 0 spiro atoms. The van der Waals surface area contributed by atoms with Gasteiger partial charge in [-0.1, -0.05) is 6.92 Å². The molecule has 2 aliphatic heterocycles. The predicted molar refractivity (Wildman–Crippen MR) is 91.3 cm³/mol. The topological polar surface area (TPSA) is 158 Å². The lowest BCUT2D eigenvalue weighted by Gasteiger charge is -2.36. The van der Waals surface area contributed by atoms with Gasteiger partial charge in [0.2, 0.25) is 6.10 Å². The zero-order valence-electron chi connectivity index (χ0n) is 15.1. The lowest BCUT2D eigenvalue weighted by atomic mass is 9.99. The fourth-order valence-corrected chi connectivity index (χ4v) is 4.12. The van der Waals surface area contributed by atoms with Gasteiger partial charge in [-0.05, 0) is 0 Å². The Bertz CT molecular complexity index is 764. The average molecular weight is 378 g/mol. The molecule has 1 unspecified atom stereocenters. The molecule has 3 amide bonds. The van der Waals surface area contributed by atoms with Gasteiger partial charge in [-0.3, -0.25) is 9.59 Å². The summed E-state index contributed by atoms with van der Waals surface area (Å²) in [7, 11) is 0. The Kier molecular flexibility index (Phi) is 5.11. The number of nitrogens with zero attached hydrogens (tertiary/aromatic N) is 2. The van der Waals surface area contributed by atoms with Crippen molar-refractivity contribution in [3.8, 4) is 0 Å². The van der Waals surface area contributed by atoms with E-state index in [4.69, 9.17) is 16.2 Å². The van der Waals surface area contributed by atoms with Crippen LogP contribution in [0.1, 0.15) is 31.9 Å². The van der Waals surface area contributed by atoms with Gasteiger partial charge in [-0.2, -0.15) is 4.48 Å². The van der Waals surface area contributed by atoms with E-state index >= 15 is 0 Å². The summed E-state index contributed by atoms with van der Waals surface area (Å²) in [5.74, 6) is -2.82. The number of hydrogen-bond donors (Lipinski definition) is 3. The van der Waals surface area contributed by atoms with Crippen molar-refractivity contribution in [1.82, 2.24) is 9.97 Å². The first-order valence-electron chi connectivity index (χ1n) is 8.95. The molecule has 146 valence electrons. The Labute approximate surface area is 155 Å². The second kappa shape index (κ2) is 7.20. The number of likely N-dealkylation sites (tertiary alicyclic amines) is 1. The maximum absolute atomic E-state index is 13.4. The summed E-state index contributed by atoms with van der Waals surface area (Å²) >= 11 is 0. The molecule has 27 heavy (non-hydrogen) atoms. The average Bonchev–Trinajstić information content (AvgIpc) is 3.33. The summed E-state index contributed by atoms with van der Waals surface area (Å²) in [4.78, 5) is 57.2. The van der Waals surface area contributed by atoms with Gasteiger partial charge < -0.3 is 21.2 Å². The van der Waals surface area contributed by atoms with Crippen LogP contribution in [0, 0.1) is 5.92 Å². The number of aromatic amines is 1. The number of esters is 1. The van der Waals surface area contributed by atoms with Crippen molar-refractivity contribution in [3.63, 3.8) is 0 Å². The number of amides is 3. The number of aromatic nitrogens is 2. The van der Waals surface area contributed by atoms with Crippen LogP contribution in [0.15, 0.2) is 12.5 Å². The van der Waals surface area contributed by atoms with Crippen LogP contribution in [0.2, 0.25) is 0 Å². The van der Waals surface area contributed by atoms with Crippen LogP contribution in [0.4, 0.5) is 0 Å². The number of cyclic esters (lactones) is 1. The number of imidazole rings is 1. The first-order chi connectivity index (χ1) is 12.8. The van der Waals surface area contributed by atoms with Crippen molar-refractivity contribution in [2.24, 2.45) is 17.4 Å². The molecule has 0 aliphatic carbocycles. The maximum Gasteiger partial charge on any atom is 0.362 e. The van der Waals surface area contributed by atoms with Crippen LogP contribution >= 0.6 is 0 Å². The van der Waals surface area contributed by atoms with E-state index in [-0.39, 0.29) is 25.3 Å². The smallest absolute Gasteiger partial charge is 0.362 e. The van der Waals surface area contributed by atoms with Crippen LogP contribution in [-0.4, -0.2) is 62.9 Å². The van der Waals surface area contributed by atoms with E-state index in [1.54, 1.807) is 6.92 Å². The van der Waals surface area contributed by atoms with Gasteiger partial charge in [-0.15, -0.1) is 0 Å². The minimum Gasteiger partial charge on any atom is -0.447 e. The zero-order valence-corrected chi connectivity index (χ0v) is 15.1. The number of carbonyl (C=O) groups is 4. The third kappa shape index (κ3) is 3.26. The molecule has 0 radical (unpaired) electrons. The second-order valence-corrected chi connectivity index (χ2v) is 7.31. The van der Waals surface area contributed by atoms with E-state index in [1.807, 2.05) is 0 Å². The summed E-state index contributed by atoms with van der Waals surface area (Å²) in [6, 6.07) is -2.05. The van der Waals surface area contributed by atoms with Crippen LogP contribution < -0.4 is 11.5 Å². The number of primary amides is 1. The lowest BCUT2D eigenvalue weighted by Crippen LogP contribution is -2.69. The summed E-state index contributed by atoms with van der Waals surface area (Å²) < 4.78 is 4.39. The number of carbonyl (C=O) groups excluding carboxylic acids is 4. The highest BCUT2D eigenvalue weighted by atomic mass is 16.6. The molecular formula is C17H24N5O5+. The van der Waals surface area contributed by atoms with Crippen molar-refractivity contribution in [2.75, 3.05) is 6.54 Å². The Morgan fingerprint density at radius 2 is 2.19 bits per heavy atom. The van der Waals surface area contributed by atoms with Gasteiger partial charge >= 0.3 is 17.8 Å². The highest BCUT2D eigenvalue weighted by molar-refractivity contribution is 5.95. The molecule has 0 bridgehead atoms. The van der Waals surface area contributed by atoms with Gasteiger partial charge in [0.15, 0.2) is 6.04 Å². The molecule has 1 aromatic heterocycles. The van der Waals surface area contributed by atoms with Crippen LogP contribution in [-0.2, 0) is 30.3 Å². The van der Waals surface area contributed by atoms with Gasteiger partial charge in [0.1, 0.15) is 6.04 Å². The minimum absolute atomic E-state index is 0.0893. The molecule has 10 heteroatoms. The summed E-state index contributed by atoms with van der Waals surface area (Å²) in [6.45, 7) is 1.82. The van der Waals surface area contributed by atoms with E-state index in [0.717, 1.165) is 0 Å². The predicted octanol–water partition coefficient (Wildman–Crippen LogP) is -1.25. The number of nitrogens with two attached hydrogens (primary N) is 2. The largest absolute Gasteiger partial charge is 0.447 e. The third-order valence-corrected chi connectivity index (χ3v) is 5.45. The maximum atomic E-state index is 13.4. The highest BCUT2D eigenvalue weighted by Crippen LogP contribution is 2.34. The lowest BCUT2D eigenvalue weighted by molar-refractivity contribution is -0.784. The molecule has 0 aromatic carbocycles. The van der Waals surface area contributed by atoms with Crippen molar-refractivity contribution < 1.29 is 28.4 Å². The molecule has 2 saturated heterocycles. The van der Waals surface area contributed by atoms with Gasteiger partial charge in [0.25, 0.3) is 5.91 Å². The van der Waals surface area contributed by atoms with E-state index in [2.05, 4.69) is 9.97 Å². The number of ether oxygens (including phenoxy) is 1. The van der Waals surface area contributed by atoms with Crippen molar-refractivity contribution in [1.29, 1.82) is 0 Å². The molecule has 3 heterocycles. The summed E-state index contributed by atoms with van der Waals surface area (Å²) in [5, 5.41) is 0. The first-order valence-corrected chi connectivity index (χ1v) is 8.95. The summed E-state index contributed by atoms with van der Waals surface area (Å²) in [6.07, 6.45) is 2.92. The summed E-state index contributed by atoms with van der Waals surface area (Å²) in [5.41, 5.74) is 12.3. The molecular weight excluding hydrogens is 354 g/mol. The van der Waals surface area contributed by atoms with E-state index in [0.29, 0.717) is 18.5 Å². The minimum atomic E-state index is -1.08. The van der Waals surface area contributed by atoms with E-state index in [1.165, 1.54) is 12.5 Å². The molecule has 2 aliphatic rings. The number of rotatable bonds is 5. The number of hydrogen-bond acceptors (Lipinski definition) is 7. The molecule has 2 fully saturated rings. The quantitative estimate of drug-likeness (QED) is 0.426. The standard InChI is InChI=1S/C17H23N5O5/c1-9-5-13(23)27-14(9)17(26)22(4-2-3-12(22)15(19)24)16(25)11(18)6-10-7-20-8-21-10/h7-9,11-12,14H,2-6,18H2,1H3,(H2-,19,20,21,24)/p+1/t9-,11+,12+,14+,22?/m1/s1. The number of H-pyrrole nitrogens is 1. The molecule has 5 N–H and O–H groups in total. The number of nitrogens with one attached hydrogen (secondary N) is 1. The number of quaternary nitrogens is 1. The molecule has 3 rings (SSSR count). The fourth-order valence-electron chi connectivity index (χ4n) is 4.12. The Morgan fingerprint density at radius 1 is 1.44 bits per heavy atom. The SMILES string of the molecule is C[C@@H]1CC(=O)O[C@@H]1C(=O)[N+]1(C(=O)[C@@H](N)Cc2cnc[nH]2)CCC[C@H]1C(N)=O. The first kappa shape index (κ1) is 19.2. The van der Waals surface area contributed by atoms with Crippen LogP contribution in [0.3, 0.4) is 0 Å². The fraction of sp³-hybridized carbons (Fsp3) is 0.588. The van der Waals surface area contributed by atoms with Crippen LogP contribution in [0.5, 0.6) is 0 Å². The van der Waals surface area contributed by atoms with Gasteiger partial charge in [0, 0.05) is 37.1 Å². The van der Waals surface area contributed by atoms with E-state index in [9.17, 15) is 19.2 Å². The van der Waals surface area contributed by atoms with Crippen molar-refractivity contribution >= 4 is 23.7 Å². The van der Waals surface area contributed by atoms with E-state index < -0.39 is 46.4 Å². The molecule has 5 atom stereocenters. The molecule has 0 saturated carbocycles. The highest BCUT2D eigenvalue weighted by Gasteiger charge is 2.61. The Hall–Kier alpha value is -2.59. The number of imide groups is 1. The van der Waals surface area contributed by atoms with Gasteiger partial charge in [-0.25, -0.2) is 14.6 Å². The van der Waals surface area contributed by atoms with Crippen molar-refractivity contribution in [2.45, 2.75) is 50.8 Å². The van der Waals surface area contributed by atoms with Crippen LogP contribution in [0.25, 0.3) is 0 Å².